The molecule has 0 bridgehead atoms. The number of hydrogen-bond acceptors (Lipinski definition) is 3. The highest BCUT2D eigenvalue weighted by Gasteiger charge is 2.13. The lowest BCUT2D eigenvalue weighted by atomic mass is 10.1. The molecule has 3 rings (SSSR count). The molecular formula is C23H21ClN2O3. The minimum atomic E-state index is -0.300. The van der Waals surface area contributed by atoms with Gasteiger partial charge in [0, 0.05) is 28.4 Å². The monoisotopic (exact) mass is 408 g/mol. The van der Waals surface area contributed by atoms with Crippen molar-refractivity contribution >= 4 is 29.1 Å². The average Bonchev–Trinajstić information content (AvgIpc) is 2.74. The normalized spacial score (nSPS) is 10.3. The fourth-order valence-corrected chi connectivity index (χ4v) is 2.91. The Balaban J connectivity index is 1.70. The van der Waals surface area contributed by atoms with Crippen LogP contribution < -0.4 is 15.4 Å². The van der Waals surface area contributed by atoms with Gasteiger partial charge in [-0.05, 0) is 49.4 Å². The van der Waals surface area contributed by atoms with Gasteiger partial charge >= 0.3 is 0 Å². The highest BCUT2D eigenvalue weighted by atomic mass is 35.5. The van der Waals surface area contributed by atoms with Gasteiger partial charge in [-0.1, -0.05) is 41.9 Å². The first kappa shape index (κ1) is 20.4. The standard InChI is InChI=1S/C23H21ClN2O3/c1-2-25-22(27)16-11-13-18(14-12-16)26-23(28)19-8-4-6-10-21(19)29-15-17-7-3-5-9-20(17)24/h3-14H,2,15H2,1H3,(H,25,27)(H,26,28). The highest BCUT2D eigenvalue weighted by molar-refractivity contribution is 6.31. The molecule has 3 aromatic rings. The van der Waals surface area contributed by atoms with Crippen molar-refractivity contribution in [3.8, 4) is 5.75 Å². The minimum absolute atomic E-state index is 0.149. The van der Waals surface area contributed by atoms with E-state index in [0.717, 1.165) is 5.56 Å². The summed E-state index contributed by atoms with van der Waals surface area (Å²) >= 11 is 6.17. The molecule has 3 aromatic carbocycles. The molecular weight excluding hydrogens is 388 g/mol. The van der Waals surface area contributed by atoms with Crippen molar-refractivity contribution in [2.75, 3.05) is 11.9 Å². The summed E-state index contributed by atoms with van der Waals surface area (Å²) in [7, 11) is 0. The molecule has 0 aliphatic rings. The second-order valence-electron chi connectivity index (χ2n) is 6.27. The number of carbonyl (C=O) groups is 2. The Hall–Kier alpha value is -3.31. The van der Waals surface area contributed by atoms with Crippen LogP contribution in [0.2, 0.25) is 5.02 Å². The number of anilines is 1. The van der Waals surface area contributed by atoms with Crippen LogP contribution in [0.25, 0.3) is 0 Å². The molecule has 0 atom stereocenters. The molecule has 0 saturated carbocycles. The van der Waals surface area contributed by atoms with Gasteiger partial charge in [-0.2, -0.15) is 0 Å². The van der Waals surface area contributed by atoms with E-state index in [9.17, 15) is 9.59 Å². The summed E-state index contributed by atoms with van der Waals surface area (Å²) < 4.78 is 5.84. The number of hydrogen-bond donors (Lipinski definition) is 2. The third-order valence-corrected chi connectivity index (χ3v) is 4.58. The maximum Gasteiger partial charge on any atom is 0.259 e. The zero-order chi connectivity index (χ0) is 20.6. The molecule has 29 heavy (non-hydrogen) atoms. The summed E-state index contributed by atoms with van der Waals surface area (Å²) in [4.78, 5) is 24.6. The Kier molecular flexibility index (Phi) is 6.87. The third-order valence-electron chi connectivity index (χ3n) is 4.21. The molecule has 0 aliphatic carbocycles. The predicted octanol–water partition coefficient (Wildman–Crippen LogP) is 4.92. The third kappa shape index (κ3) is 5.36. The van der Waals surface area contributed by atoms with E-state index in [1.165, 1.54) is 0 Å². The fraction of sp³-hybridized carbons (Fsp3) is 0.130. The van der Waals surface area contributed by atoms with Gasteiger partial charge in [0.2, 0.25) is 0 Å². The molecule has 2 amide bonds. The molecule has 0 unspecified atom stereocenters. The van der Waals surface area contributed by atoms with E-state index in [0.29, 0.717) is 34.1 Å². The number of carbonyl (C=O) groups excluding carboxylic acids is 2. The average molecular weight is 409 g/mol. The van der Waals surface area contributed by atoms with Gasteiger partial charge < -0.3 is 15.4 Å². The van der Waals surface area contributed by atoms with Gasteiger partial charge in [0.25, 0.3) is 11.8 Å². The number of halogens is 1. The van der Waals surface area contributed by atoms with Crippen LogP contribution >= 0.6 is 11.6 Å². The summed E-state index contributed by atoms with van der Waals surface area (Å²) in [5, 5.41) is 6.18. The van der Waals surface area contributed by atoms with E-state index in [1.54, 1.807) is 54.6 Å². The first-order valence-electron chi connectivity index (χ1n) is 9.23. The van der Waals surface area contributed by atoms with Gasteiger partial charge in [-0.3, -0.25) is 9.59 Å². The Morgan fingerprint density at radius 2 is 1.59 bits per heavy atom. The van der Waals surface area contributed by atoms with Crippen molar-refractivity contribution in [1.29, 1.82) is 0 Å². The van der Waals surface area contributed by atoms with Crippen molar-refractivity contribution in [1.82, 2.24) is 5.32 Å². The van der Waals surface area contributed by atoms with E-state index in [4.69, 9.17) is 16.3 Å². The first-order chi connectivity index (χ1) is 14.1. The molecule has 5 nitrogen and oxygen atoms in total. The van der Waals surface area contributed by atoms with Crippen LogP contribution in [0.4, 0.5) is 5.69 Å². The van der Waals surface area contributed by atoms with Crippen LogP contribution in [0.15, 0.2) is 72.8 Å². The summed E-state index contributed by atoms with van der Waals surface area (Å²) in [5.41, 5.74) is 2.37. The van der Waals surface area contributed by atoms with Gasteiger partial charge in [-0.15, -0.1) is 0 Å². The molecule has 0 fully saturated rings. The lowest BCUT2D eigenvalue weighted by Crippen LogP contribution is -2.22. The Bertz CT molecular complexity index is 1000. The van der Waals surface area contributed by atoms with Crippen molar-refractivity contribution in [3.05, 3.63) is 94.5 Å². The number of rotatable bonds is 7. The van der Waals surface area contributed by atoms with Gasteiger partial charge in [0.05, 0.1) is 5.56 Å². The van der Waals surface area contributed by atoms with Crippen LogP contribution in [0, 0.1) is 0 Å². The van der Waals surface area contributed by atoms with Crippen molar-refractivity contribution in [2.24, 2.45) is 0 Å². The topological polar surface area (TPSA) is 67.4 Å². The number of amides is 2. The molecule has 0 aromatic heterocycles. The van der Waals surface area contributed by atoms with E-state index < -0.39 is 0 Å². The summed E-state index contributed by atoms with van der Waals surface area (Å²) in [5.74, 6) is 0.0121. The molecule has 2 N–H and O–H groups in total. The smallest absolute Gasteiger partial charge is 0.259 e. The predicted molar refractivity (Wildman–Crippen MR) is 115 cm³/mol. The second kappa shape index (κ2) is 9.75. The van der Waals surface area contributed by atoms with Crippen molar-refractivity contribution in [3.63, 3.8) is 0 Å². The quantitative estimate of drug-likeness (QED) is 0.583. The molecule has 0 saturated heterocycles. The molecule has 0 heterocycles. The Labute approximate surface area is 174 Å². The first-order valence-corrected chi connectivity index (χ1v) is 9.61. The molecule has 148 valence electrons. The van der Waals surface area contributed by atoms with Crippen LogP contribution in [-0.4, -0.2) is 18.4 Å². The second-order valence-corrected chi connectivity index (χ2v) is 6.67. The number of nitrogens with one attached hydrogen (secondary N) is 2. The van der Waals surface area contributed by atoms with Crippen LogP contribution in [0.5, 0.6) is 5.75 Å². The maximum absolute atomic E-state index is 12.7. The largest absolute Gasteiger partial charge is 0.488 e. The molecule has 0 radical (unpaired) electrons. The van der Waals surface area contributed by atoms with Gasteiger partial charge in [0.15, 0.2) is 0 Å². The van der Waals surface area contributed by atoms with E-state index in [2.05, 4.69) is 10.6 Å². The lowest BCUT2D eigenvalue weighted by Gasteiger charge is -2.12. The highest BCUT2D eigenvalue weighted by Crippen LogP contribution is 2.23. The van der Waals surface area contributed by atoms with Crippen molar-refractivity contribution < 1.29 is 14.3 Å². The SMILES string of the molecule is CCNC(=O)c1ccc(NC(=O)c2ccccc2OCc2ccccc2Cl)cc1. The summed E-state index contributed by atoms with van der Waals surface area (Å²) in [6, 6.07) is 21.1. The summed E-state index contributed by atoms with van der Waals surface area (Å²) in [6.07, 6.45) is 0. The lowest BCUT2D eigenvalue weighted by molar-refractivity contribution is 0.0955. The number of para-hydroxylation sites is 1. The van der Waals surface area contributed by atoms with E-state index in [-0.39, 0.29) is 18.4 Å². The van der Waals surface area contributed by atoms with E-state index in [1.807, 2.05) is 25.1 Å². The fourth-order valence-electron chi connectivity index (χ4n) is 2.72. The van der Waals surface area contributed by atoms with Gasteiger partial charge in [0.1, 0.15) is 12.4 Å². The zero-order valence-electron chi connectivity index (χ0n) is 15.9. The van der Waals surface area contributed by atoms with Gasteiger partial charge in [-0.25, -0.2) is 0 Å². The maximum atomic E-state index is 12.7. The Morgan fingerprint density at radius 3 is 2.31 bits per heavy atom. The minimum Gasteiger partial charge on any atom is -0.488 e. The number of benzene rings is 3. The Morgan fingerprint density at radius 1 is 0.897 bits per heavy atom. The van der Waals surface area contributed by atoms with E-state index >= 15 is 0 Å². The number of ether oxygens (including phenoxy) is 1. The van der Waals surface area contributed by atoms with Crippen LogP contribution in [0.1, 0.15) is 33.2 Å². The van der Waals surface area contributed by atoms with Crippen LogP contribution in [-0.2, 0) is 6.61 Å². The molecule has 6 heteroatoms. The molecule has 0 spiro atoms. The van der Waals surface area contributed by atoms with Crippen LogP contribution in [0.3, 0.4) is 0 Å². The molecule has 0 aliphatic heterocycles. The summed E-state index contributed by atoms with van der Waals surface area (Å²) in [6.45, 7) is 2.67. The van der Waals surface area contributed by atoms with Crippen molar-refractivity contribution in [2.45, 2.75) is 13.5 Å². The zero-order valence-corrected chi connectivity index (χ0v) is 16.7.